The number of carbonyl (C=O) groups is 1. The summed E-state index contributed by atoms with van der Waals surface area (Å²) in [5.41, 5.74) is 1.62. The fourth-order valence-corrected chi connectivity index (χ4v) is 3.53. The van der Waals surface area contributed by atoms with Crippen LogP contribution in [0, 0.1) is 5.92 Å². The van der Waals surface area contributed by atoms with Crippen molar-refractivity contribution < 1.29 is 4.79 Å². The fraction of sp³-hybridized carbons (Fsp3) is 0.579. The van der Waals surface area contributed by atoms with Crippen LogP contribution >= 0.6 is 12.2 Å². The van der Waals surface area contributed by atoms with Gasteiger partial charge >= 0.3 is 0 Å². The van der Waals surface area contributed by atoms with Gasteiger partial charge in [0.25, 0.3) is 5.91 Å². The number of amides is 1. The Morgan fingerprint density at radius 3 is 2.38 bits per heavy atom. The summed E-state index contributed by atoms with van der Waals surface area (Å²) in [6, 6.07) is 8.00. The smallest absolute Gasteiger partial charge is 0.253 e. The summed E-state index contributed by atoms with van der Waals surface area (Å²) in [7, 11) is 0. The maximum absolute atomic E-state index is 12.3. The summed E-state index contributed by atoms with van der Waals surface area (Å²) in [5.74, 6) is 0.732. The second kappa shape index (κ2) is 9.02. The van der Waals surface area contributed by atoms with Gasteiger partial charge in [-0.15, -0.1) is 0 Å². The summed E-state index contributed by atoms with van der Waals surface area (Å²) < 4.78 is 0. The number of rotatable bonds is 5. The van der Waals surface area contributed by atoms with E-state index >= 15 is 0 Å². The Morgan fingerprint density at radius 2 is 1.79 bits per heavy atom. The second-order valence-corrected chi connectivity index (χ2v) is 6.93. The molecule has 0 saturated heterocycles. The Kier molecular flexibility index (Phi) is 7.03. The van der Waals surface area contributed by atoms with Crippen molar-refractivity contribution >= 4 is 28.9 Å². The Labute approximate surface area is 151 Å². The normalized spacial score (nSPS) is 20.3. The van der Waals surface area contributed by atoms with Gasteiger partial charge in [0.05, 0.1) is 0 Å². The van der Waals surface area contributed by atoms with Crippen LogP contribution in [0.3, 0.4) is 0 Å². The highest BCUT2D eigenvalue weighted by atomic mass is 32.1. The molecule has 1 aliphatic rings. The lowest BCUT2D eigenvalue weighted by molar-refractivity contribution is 0.0773. The summed E-state index contributed by atoms with van der Waals surface area (Å²) in [5, 5.41) is 7.33. The van der Waals surface area contributed by atoms with Crippen molar-refractivity contribution in [2.75, 3.05) is 18.4 Å². The number of nitrogens with zero attached hydrogens (tertiary/aromatic N) is 1. The number of hydrogen-bond acceptors (Lipinski definition) is 2. The third kappa shape index (κ3) is 4.94. The Balaban J connectivity index is 1.91. The van der Waals surface area contributed by atoms with Gasteiger partial charge < -0.3 is 15.5 Å². The van der Waals surface area contributed by atoms with Crippen molar-refractivity contribution in [3.63, 3.8) is 0 Å². The highest BCUT2D eigenvalue weighted by molar-refractivity contribution is 7.80. The van der Waals surface area contributed by atoms with Crippen molar-refractivity contribution in [3.8, 4) is 0 Å². The van der Waals surface area contributed by atoms with E-state index in [1.54, 1.807) is 0 Å². The highest BCUT2D eigenvalue weighted by Crippen LogP contribution is 2.23. The Bertz CT molecular complexity index is 554. The minimum Gasteiger partial charge on any atom is -0.359 e. The van der Waals surface area contributed by atoms with Gasteiger partial charge in [-0.2, -0.15) is 0 Å². The predicted molar refractivity (Wildman–Crippen MR) is 104 cm³/mol. The van der Waals surface area contributed by atoms with E-state index in [9.17, 15) is 4.79 Å². The van der Waals surface area contributed by atoms with E-state index in [0.717, 1.165) is 18.8 Å². The average molecular weight is 348 g/mol. The first-order valence-corrected chi connectivity index (χ1v) is 9.42. The Hall–Kier alpha value is -1.62. The van der Waals surface area contributed by atoms with Crippen LogP contribution in [0.2, 0.25) is 0 Å². The molecule has 0 spiro atoms. The zero-order valence-electron chi connectivity index (χ0n) is 15.0. The largest absolute Gasteiger partial charge is 0.359 e. The molecule has 1 aliphatic carbocycles. The van der Waals surface area contributed by atoms with Crippen LogP contribution in [0.4, 0.5) is 5.69 Å². The lowest BCUT2D eigenvalue weighted by Crippen LogP contribution is -2.43. The highest BCUT2D eigenvalue weighted by Gasteiger charge is 2.21. The second-order valence-electron chi connectivity index (χ2n) is 6.52. The number of carbonyl (C=O) groups excluding carboxylic acids is 1. The van der Waals surface area contributed by atoms with Gasteiger partial charge in [-0.05, 0) is 69.1 Å². The average Bonchev–Trinajstić information content (AvgIpc) is 2.58. The molecule has 2 rings (SSSR count). The molecule has 1 saturated carbocycles. The van der Waals surface area contributed by atoms with Gasteiger partial charge in [0.1, 0.15) is 0 Å². The molecule has 132 valence electrons. The van der Waals surface area contributed by atoms with E-state index in [1.807, 2.05) is 43.0 Å². The molecule has 0 aromatic heterocycles. The third-order valence-electron chi connectivity index (χ3n) is 4.87. The van der Waals surface area contributed by atoms with Crippen LogP contribution < -0.4 is 10.6 Å². The molecule has 1 aromatic rings. The minimum atomic E-state index is 0.0725. The molecule has 24 heavy (non-hydrogen) atoms. The summed E-state index contributed by atoms with van der Waals surface area (Å²) in [6.07, 6.45) is 5.04. The first-order valence-electron chi connectivity index (χ1n) is 9.02. The number of hydrogen-bond donors (Lipinski definition) is 2. The van der Waals surface area contributed by atoms with Gasteiger partial charge in [0.15, 0.2) is 5.11 Å². The molecule has 0 radical (unpaired) electrons. The molecule has 2 N–H and O–H groups in total. The zero-order valence-corrected chi connectivity index (χ0v) is 15.8. The molecular formula is C19H29N3OS. The van der Waals surface area contributed by atoms with Crippen LogP contribution in [0.15, 0.2) is 24.3 Å². The molecular weight excluding hydrogens is 318 g/mol. The quantitative estimate of drug-likeness (QED) is 0.789. The monoisotopic (exact) mass is 347 g/mol. The van der Waals surface area contributed by atoms with E-state index < -0.39 is 0 Å². The molecule has 4 nitrogen and oxygen atoms in total. The van der Waals surface area contributed by atoms with Crippen LogP contribution in [0.1, 0.15) is 56.8 Å². The van der Waals surface area contributed by atoms with Crippen molar-refractivity contribution in [1.82, 2.24) is 10.2 Å². The molecule has 0 heterocycles. The lowest BCUT2D eigenvalue weighted by Gasteiger charge is -2.30. The molecule has 5 heteroatoms. The van der Waals surface area contributed by atoms with Crippen molar-refractivity contribution in [3.05, 3.63) is 29.8 Å². The van der Waals surface area contributed by atoms with Crippen molar-refractivity contribution in [2.24, 2.45) is 5.92 Å². The van der Waals surface area contributed by atoms with E-state index in [-0.39, 0.29) is 5.91 Å². The van der Waals surface area contributed by atoms with Gasteiger partial charge in [0, 0.05) is 30.4 Å². The van der Waals surface area contributed by atoms with Crippen molar-refractivity contribution in [2.45, 2.75) is 52.5 Å². The van der Waals surface area contributed by atoms with E-state index in [1.165, 1.54) is 25.7 Å². The number of benzene rings is 1. The predicted octanol–water partition coefficient (Wildman–Crippen LogP) is 4.03. The number of thiocarbonyl (C=S) groups is 1. The van der Waals surface area contributed by atoms with Gasteiger partial charge in [-0.25, -0.2) is 0 Å². The Morgan fingerprint density at radius 1 is 1.17 bits per heavy atom. The maximum Gasteiger partial charge on any atom is 0.253 e. The molecule has 0 aliphatic heterocycles. The topological polar surface area (TPSA) is 44.4 Å². The summed E-state index contributed by atoms with van der Waals surface area (Å²) in [6.45, 7) is 7.72. The SMILES string of the molecule is CCN(CC)C(=O)c1ccc(NC(=S)NC2CCCCC2C)cc1. The molecule has 2 atom stereocenters. The van der Waals surface area contributed by atoms with E-state index in [4.69, 9.17) is 12.2 Å². The van der Waals surface area contributed by atoms with E-state index in [0.29, 0.717) is 22.6 Å². The molecule has 1 fully saturated rings. The van der Waals surface area contributed by atoms with Crippen LogP contribution in [-0.4, -0.2) is 35.1 Å². The first-order chi connectivity index (χ1) is 11.5. The standard InChI is InChI=1S/C19H29N3OS/c1-4-22(5-2)18(23)15-10-12-16(13-11-15)20-19(24)21-17-9-7-6-8-14(17)3/h10-14,17H,4-9H2,1-3H3,(H2,20,21,24). The minimum absolute atomic E-state index is 0.0725. The van der Waals surface area contributed by atoms with Crippen LogP contribution in [-0.2, 0) is 0 Å². The molecule has 1 aromatic carbocycles. The zero-order chi connectivity index (χ0) is 17.5. The van der Waals surface area contributed by atoms with E-state index in [2.05, 4.69) is 17.6 Å². The lowest BCUT2D eigenvalue weighted by atomic mass is 9.86. The van der Waals surface area contributed by atoms with Gasteiger partial charge in [0.2, 0.25) is 0 Å². The first kappa shape index (κ1) is 18.7. The fourth-order valence-electron chi connectivity index (χ4n) is 3.26. The molecule has 2 unspecified atom stereocenters. The molecule has 1 amide bonds. The summed E-state index contributed by atoms with van der Waals surface area (Å²) in [4.78, 5) is 14.1. The van der Waals surface area contributed by atoms with Crippen LogP contribution in [0.25, 0.3) is 0 Å². The van der Waals surface area contributed by atoms with Gasteiger partial charge in [-0.1, -0.05) is 19.8 Å². The summed E-state index contributed by atoms with van der Waals surface area (Å²) >= 11 is 5.44. The third-order valence-corrected chi connectivity index (χ3v) is 5.09. The maximum atomic E-state index is 12.3. The van der Waals surface area contributed by atoms with Gasteiger partial charge in [-0.3, -0.25) is 4.79 Å². The van der Waals surface area contributed by atoms with Crippen molar-refractivity contribution in [1.29, 1.82) is 0 Å². The van der Waals surface area contributed by atoms with Crippen LogP contribution in [0.5, 0.6) is 0 Å². The number of nitrogens with one attached hydrogen (secondary N) is 2. The number of anilines is 1. The molecule has 0 bridgehead atoms.